The van der Waals surface area contributed by atoms with E-state index in [-0.39, 0.29) is 12.3 Å². The third kappa shape index (κ3) is 6.43. The van der Waals surface area contributed by atoms with Crippen LogP contribution in [0, 0.1) is 0 Å². The summed E-state index contributed by atoms with van der Waals surface area (Å²) in [5, 5.41) is 11.2. The number of thiophene rings is 1. The smallest absolute Gasteiger partial charge is 0.303 e. The monoisotopic (exact) mass is 319 g/mol. The predicted molar refractivity (Wildman–Crippen MR) is 70.0 cm³/mol. The van der Waals surface area contributed by atoms with Crippen LogP contribution in [0.5, 0.6) is 0 Å². The van der Waals surface area contributed by atoms with Crippen molar-refractivity contribution in [2.24, 2.45) is 0 Å². The van der Waals surface area contributed by atoms with Gasteiger partial charge in [-0.3, -0.25) is 9.59 Å². The summed E-state index contributed by atoms with van der Waals surface area (Å²) in [6.07, 6.45) is 1.69. The van der Waals surface area contributed by atoms with E-state index in [1.165, 1.54) is 0 Å². The standard InChI is InChI=1S/C11H14BrNO3S/c12-9-6-5-8(17-9)7-13-10(14)3-1-2-4-11(15)16/h5-6H,1-4,7H2,(H,13,14)(H,15,16). The second-order valence-corrected chi connectivity index (χ2v) is 6.13. The summed E-state index contributed by atoms with van der Waals surface area (Å²) in [5.74, 6) is -0.839. The Kier molecular flexibility index (Phi) is 6.21. The summed E-state index contributed by atoms with van der Waals surface area (Å²) in [6.45, 7) is 0.536. The molecule has 0 fully saturated rings. The maximum absolute atomic E-state index is 11.4. The number of aliphatic carboxylic acids is 1. The van der Waals surface area contributed by atoms with Crippen molar-refractivity contribution >= 4 is 39.1 Å². The minimum Gasteiger partial charge on any atom is -0.481 e. The first-order valence-electron chi connectivity index (χ1n) is 5.30. The van der Waals surface area contributed by atoms with E-state index < -0.39 is 5.97 Å². The molecular formula is C11H14BrNO3S. The van der Waals surface area contributed by atoms with Crippen molar-refractivity contribution < 1.29 is 14.7 Å². The highest BCUT2D eigenvalue weighted by Crippen LogP contribution is 2.21. The Balaban J connectivity index is 2.11. The number of unbranched alkanes of at least 4 members (excludes halogenated alkanes) is 1. The fourth-order valence-corrected chi connectivity index (χ4v) is 2.71. The van der Waals surface area contributed by atoms with Gasteiger partial charge in [-0.2, -0.15) is 0 Å². The van der Waals surface area contributed by atoms with Crippen LogP contribution in [0.15, 0.2) is 15.9 Å². The van der Waals surface area contributed by atoms with Gasteiger partial charge in [0.05, 0.1) is 10.3 Å². The second-order valence-electron chi connectivity index (χ2n) is 3.58. The van der Waals surface area contributed by atoms with Crippen molar-refractivity contribution in [2.75, 3.05) is 0 Å². The van der Waals surface area contributed by atoms with E-state index in [4.69, 9.17) is 5.11 Å². The van der Waals surface area contributed by atoms with E-state index in [0.29, 0.717) is 25.8 Å². The van der Waals surface area contributed by atoms with E-state index in [0.717, 1.165) is 8.66 Å². The first-order valence-corrected chi connectivity index (χ1v) is 6.91. The number of carbonyl (C=O) groups excluding carboxylic acids is 1. The van der Waals surface area contributed by atoms with Crippen molar-refractivity contribution in [2.45, 2.75) is 32.2 Å². The fraction of sp³-hybridized carbons (Fsp3) is 0.455. The zero-order valence-corrected chi connectivity index (χ0v) is 11.6. The zero-order valence-electron chi connectivity index (χ0n) is 9.24. The molecule has 1 aromatic rings. The van der Waals surface area contributed by atoms with Gasteiger partial charge in [0.15, 0.2) is 0 Å². The molecule has 0 spiro atoms. The number of carbonyl (C=O) groups is 2. The third-order valence-electron chi connectivity index (χ3n) is 2.13. The lowest BCUT2D eigenvalue weighted by molar-refractivity contribution is -0.137. The average Bonchev–Trinajstić information content (AvgIpc) is 2.67. The van der Waals surface area contributed by atoms with Crippen LogP contribution in [0.4, 0.5) is 0 Å². The van der Waals surface area contributed by atoms with Crippen LogP contribution < -0.4 is 5.32 Å². The first kappa shape index (κ1) is 14.2. The highest BCUT2D eigenvalue weighted by atomic mass is 79.9. The van der Waals surface area contributed by atoms with Gasteiger partial charge in [0.2, 0.25) is 5.91 Å². The maximum Gasteiger partial charge on any atom is 0.303 e. The van der Waals surface area contributed by atoms with Crippen molar-refractivity contribution in [3.8, 4) is 0 Å². The number of hydrogen-bond acceptors (Lipinski definition) is 3. The number of hydrogen-bond donors (Lipinski definition) is 2. The van der Waals surface area contributed by atoms with Crippen LogP contribution in [0.1, 0.15) is 30.6 Å². The van der Waals surface area contributed by atoms with E-state index in [2.05, 4.69) is 21.2 Å². The van der Waals surface area contributed by atoms with Gasteiger partial charge in [0, 0.05) is 17.7 Å². The van der Waals surface area contributed by atoms with Crippen LogP contribution in [-0.2, 0) is 16.1 Å². The van der Waals surface area contributed by atoms with Gasteiger partial charge in [-0.05, 0) is 40.9 Å². The van der Waals surface area contributed by atoms with Crippen molar-refractivity contribution in [3.05, 3.63) is 20.8 Å². The number of carboxylic acids is 1. The molecule has 1 heterocycles. The van der Waals surface area contributed by atoms with Crippen molar-refractivity contribution in [1.29, 1.82) is 0 Å². The lowest BCUT2D eigenvalue weighted by Crippen LogP contribution is -2.21. The largest absolute Gasteiger partial charge is 0.481 e. The first-order chi connectivity index (χ1) is 8.08. The molecule has 0 aliphatic heterocycles. The van der Waals surface area contributed by atoms with Crippen molar-refractivity contribution in [3.63, 3.8) is 0 Å². The molecule has 1 aromatic heterocycles. The van der Waals surface area contributed by atoms with E-state index in [9.17, 15) is 9.59 Å². The van der Waals surface area contributed by atoms with E-state index in [1.54, 1.807) is 11.3 Å². The Hall–Kier alpha value is -0.880. The molecule has 0 aliphatic carbocycles. The topological polar surface area (TPSA) is 66.4 Å². The Bertz CT molecular complexity index is 392. The molecule has 1 amide bonds. The molecule has 17 heavy (non-hydrogen) atoms. The van der Waals surface area contributed by atoms with Crippen LogP contribution in [-0.4, -0.2) is 17.0 Å². The van der Waals surface area contributed by atoms with E-state index >= 15 is 0 Å². The predicted octanol–water partition coefficient (Wildman–Crippen LogP) is 2.77. The summed E-state index contributed by atoms with van der Waals surface area (Å²) in [5.41, 5.74) is 0. The quantitative estimate of drug-likeness (QED) is 0.759. The highest BCUT2D eigenvalue weighted by Gasteiger charge is 2.04. The molecule has 0 bridgehead atoms. The molecule has 4 nitrogen and oxygen atoms in total. The van der Waals surface area contributed by atoms with Crippen LogP contribution in [0.3, 0.4) is 0 Å². The molecule has 0 aromatic carbocycles. The van der Waals surface area contributed by atoms with Gasteiger partial charge in [-0.25, -0.2) is 0 Å². The summed E-state index contributed by atoms with van der Waals surface area (Å²) < 4.78 is 1.04. The summed E-state index contributed by atoms with van der Waals surface area (Å²) in [6, 6.07) is 3.90. The Morgan fingerprint density at radius 3 is 2.59 bits per heavy atom. The molecule has 0 radical (unpaired) electrons. The molecule has 0 aliphatic rings. The third-order valence-corrected chi connectivity index (χ3v) is 3.76. The Labute approximate surface area is 112 Å². The summed E-state index contributed by atoms with van der Waals surface area (Å²) >= 11 is 4.94. The number of nitrogens with one attached hydrogen (secondary N) is 1. The van der Waals surface area contributed by atoms with Gasteiger partial charge < -0.3 is 10.4 Å². The van der Waals surface area contributed by atoms with Gasteiger partial charge >= 0.3 is 5.97 Å². The summed E-state index contributed by atoms with van der Waals surface area (Å²) in [7, 11) is 0. The lowest BCUT2D eigenvalue weighted by Gasteiger charge is -2.02. The molecule has 94 valence electrons. The van der Waals surface area contributed by atoms with E-state index in [1.807, 2.05) is 12.1 Å². The second kappa shape index (κ2) is 7.45. The minimum atomic E-state index is -0.811. The van der Waals surface area contributed by atoms with Gasteiger partial charge in [-0.15, -0.1) is 11.3 Å². The summed E-state index contributed by atoms with van der Waals surface area (Å²) in [4.78, 5) is 22.7. The molecule has 0 saturated carbocycles. The molecular weight excluding hydrogens is 306 g/mol. The highest BCUT2D eigenvalue weighted by molar-refractivity contribution is 9.11. The molecule has 1 rings (SSSR count). The van der Waals surface area contributed by atoms with Crippen LogP contribution in [0.2, 0.25) is 0 Å². The molecule has 6 heteroatoms. The Morgan fingerprint density at radius 1 is 1.29 bits per heavy atom. The van der Waals surface area contributed by atoms with Gasteiger partial charge in [0.1, 0.15) is 0 Å². The van der Waals surface area contributed by atoms with Gasteiger partial charge in [-0.1, -0.05) is 0 Å². The number of carboxylic acid groups (broad SMARTS) is 1. The molecule has 2 N–H and O–H groups in total. The number of rotatable bonds is 7. The molecule has 0 atom stereocenters. The molecule has 0 unspecified atom stereocenters. The maximum atomic E-state index is 11.4. The SMILES string of the molecule is O=C(O)CCCCC(=O)NCc1ccc(Br)s1. The number of halogens is 1. The average molecular weight is 320 g/mol. The van der Waals surface area contributed by atoms with Gasteiger partial charge in [0.25, 0.3) is 0 Å². The lowest BCUT2D eigenvalue weighted by atomic mass is 10.2. The fourth-order valence-electron chi connectivity index (χ4n) is 1.28. The van der Waals surface area contributed by atoms with Crippen LogP contribution >= 0.6 is 27.3 Å². The number of amides is 1. The van der Waals surface area contributed by atoms with Crippen LogP contribution in [0.25, 0.3) is 0 Å². The normalized spacial score (nSPS) is 10.2. The van der Waals surface area contributed by atoms with Crippen molar-refractivity contribution in [1.82, 2.24) is 5.32 Å². The zero-order chi connectivity index (χ0) is 12.7. The minimum absolute atomic E-state index is 0.0279. The Morgan fingerprint density at radius 2 is 2.00 bits per heavy atom. The molecule has 0 saturated heterocycles.